The Morgan fingerprint density at radius 1 is 1.06 bits per heavy atom. The molecular weight excluding hydrogens is 422 g/mol. The molecule has 0 bridgehead atoms. The number of ketones is 1. The molecule has 0 saturated carbocycles. The van der Waals surface area contributed by atoms with E-state index in [0.29, 0.717) is 41.1 Å². The smallest absolute Gasteiger partial charge is 0.354 e. The average molecular weight is 450 g/mol. The zero-order valence-electron chi connectivity index (χ0n) is 19.2. The number of pyridine rings is 1. The van der Waals surface area contributed by atoms with Crippen LogP contribution in [0.25, 0.3) is 0 Å². The van der Waals surface area contributed by atoms with Crippen LogP contribution in [0.2, 0.25) is 0 Å². The predicted octanol–water partition coefficient (Wildman–Crippen LogP) is 3.39. The molecule has 172 valence electrons. The Morgan fingerprint density at radius 3 is 2.52 bits per heavy atom. The van der Waals surface area contributed by atoms with Gasteiger partial charge in [0.1, 0.15) is 11.4 Å². The number of carbonyl (C=O) groups excluding carboxylic acids is 3. The number of aryl methyl sites for hydroxylation is 1. The second kappa shape index (κ2) is 10.6. The lowest BCUT2D eigenvalue weighted by molar-refractivity contribution is 0.0593. The van der Waals surface area contributed by atoms with E-state index in [9.17, 15) is 14.4 Å². The van der Waals surface area contributed by atoms with Crippen LogP contribution in [0.3, 0.4) is 0 Å². The number of amides is 1. The zero-order valence-corrected chi connectivity index (χ0v) is 19.2. The monoisotopic (exact) mass is 449 g/mol. The van der Waals surface area contributed by atoms with Gasteiger partial charge in [0, 0.05) is 41.7 Å². The van der Waals surface area contributed by atoms with Gasteiger partial charge in [0.2, 0.25) is 0 Å². The fourth-order valence-electron chi connectivity index (χ4n) is 3.71. The Kier molecular flexibility index (Phi) is 7.61. The molecule has 0 aliphatic rings. The topological polar surface area (TPSA) is 102 Å². The molecule has 0 unspecified atom stereocenters. The number of esters is 1. The minimum absolute atomic E-state index is 0.150. The molecule has 0 saturated heterocycles. The fourth-order valence-corrected chi connectivity index (χ4v) is 3.71. The number of nitrogens with zero attached hydrogens (tertiary/aromatic N) is 2. The zero-order chi connectivity index (χ0) is 24.0. The van der Waals surface area contributed by atoms with Crippen LogP contribution in [0, 0.1) is 13.8 Å². The lowest BCUT2D eigenvalue weighted by atomic mass is 10.0. The highest BCUT2D eigenvalue weighted by Crippen LogP contribution is 2.21. The maximum atomic E-state index is 13.3. The molecule has 3 rings (SSSR count). The summed E-state index contributed by atoms with van der Waals surface area (Å²) in [5.41, 5.74) is 2.91. The van der Waals surface area contributed by atoms with Crippen molar-refractivity contribution >= 4 is 17.7 Å². The van der Waals surface area contributed by atoms with Crippen LogP contribution in [-0.2, 0) is 11.2 Å². The lowest BCUT2D eigenvalue weighted by Gasteiger charge is -2.22. The Labute approximate surface area is 192 Å². The summed E-state index contributed by atoms with van der Waals surface area (Å²) in [4.78, 5) is 47.4. The molecular formula is C25H27N3O5. The molecule has 3 aromatic rings. The number of carbonyl (C=O) groups is 3. The van der Waals surface area contributed by atoms with Crippen molar-refractivity contribution in [2.75, 3.05) is 27.3 Å². The van der Waals surface area contributed by atoms with E-state index >= 15 is 0 Å². The first-order valence-corrected chi connectivity index (χ1v) is 10.5. The van der Waals surface area contributed by atoms with Crippen molar-refractivity contribution in [2.45, 2.75) is 20.3 Å². The van der Waals surface area contributed by atoms with Gasteiger partial charge in [-0.2, -0.15) is 0 Å². The van der Waals surface area contributed by atoms with Gasteiger partial charge in [0.05, 0.1) is 20.8 Å². The summed E-state index contributed by atoms with van der Waals surface area (Å²) in [6, 6.07) is 12.4. The summed E-state index contributed by atoms with van der Waals surface area (Å²) >= 11 is 0. The SMILES string of the molecule is COC(=O)c1[nH]c(C)c(C(=O)CN(CCc2ccccn2)C(=O)c2cccc(OC)c2)c1C. The summed E-state index contributed by atoms with van der Waals surface area (Å²) in [7, 11) is 2.81. The van der Waals surface area contributed by atoms with Crippen molar-refractivity contribution in [3.8, 4) is 5.75 Å². The number of methoxy groups -OCH3 is 2. The van der Waals surface area contributed by atoms with Crippen LogP contribution in [0.15, 0.2) is 48.7 Å². The molecule has 1 aromatic carbocycles. The number of aromatic amines is 1. The van der Waals surface area contributed by atoms with Gasteiger partial charge in [-0.3, -0.25) is 14.6 Å². The maximum absolute atomic E-state index is 13.3. The van der Waals surface area contributed by atoms with Gasteiger partial charge in [0.15, 0.2) is 5.78 Å². The first-order valence-electron chi connectivity index (χ1n) is 10.5. The number of H-pyrrole nitrogens is 1. The van der Waals surface area contributed by atoms with E-state index in [2.05, 4.69) is 9.97 Å². The van der Waals surface area contributed by atoms with E-state index in [1.807, 2.05) is 18.2 Å². The average Bonchev–Trinajstić information content (AvgIpc) is 3.15. The molecule has 0 fully saturated rings. The minimum Gasteiger partial charge on any atom is -0.497 e. The van der Waals surface area contributed by atoms with Crippen LogP contribution in [0.5, 0.6) is 5.75 Å². The fraction of sp³-hybridized carbons (Fsp3) is 0.280. The van der Waals surface area contributed by atoms with Gasteiger partial charge in [0.25, 0.3) is 5.91 Å². The summed E-state index contributed by atoms with van der Waals surface area (Å²) in [5, 5.41) is 0. The van der Waals surface area contributed by atoms with Crippen LogP contribution >= 0.6 is 0 Å². The van der Waals surface area contributed by atoms with Crippen LogP contribution in [-0.4, -0.2) is 59.8 Å². The van der Waals surface area contributed by atoms with Gasteiger partial charge >= 0.3 is 5.97 Å². The van der Waals surface area contributed by atoms with Gasteiger partial charge < -0.3 is 19.4 Å². The number of hydrogen-bond donors (Lipinski definition) is 1. The Morgan fingerprint density at radius 2 is 1.85 bits per heavy atom. The number of Topliss-reactive ketones (excluding diaryl/α,β-unsaturated/α-hetero) is 1. The standard InChI is InChI=1S/C25H27N3O5/c1-16-22(17(2)27-23(16)25(31)33-4)21(29)15-28(13-11-19-9-5-6-12-26-19)24(30)18-8-7-10-20(14-18)32-3/h5-10,12,14,27H,11,13,15H2,1-4H3. The largest absolute Gasteiger partial charge is 0.497 e. The van der Waals surface area contributed by atoms with Gasteiger partial charge in [-0.15, -0.1) is 0 Å². The predicted molar refractivity (Wildman–Crippen MR) is 123 cm³/mol. The summed E-state index contributed by atoms with van der Waals surface area (Å²) in [6.45, 7) is 3.55. The molecule has 0 atom stereocenters. The molecule has 33 heavy (non-hydrogen) atoms. The molecule has 0 radical (unpaired) electrons. The quantitative estimate of drug-likeness (QED) is 0.397. The molecule has 2 aromatic heterocycles. The van der Waals surface area contributed by atoms with E-state index in [4.69, 9.17) is 9.47 Å². The molecule has 2 heterocycles. The van der Waals surface area contributed by atoms with Crippen molar-refractivity contribution in [2.24, 2.45) is 0 Å². The number of ether oxygens (including phenoxy) is 2. The lowest BCUT2D eigenvalue weighted by Crippen LogP contribution is -2.37. The van der Waals surface area contributed by atoms with Crippen LogP contribution < -0.4 is 4.74 Å². The molecule has 0 aliphatic heterocycles. The molecule has 0 spiro atoms. The highest BCUT2D eigenvalue weighted by Gasteiger charge is 2.26. The number of hydrogen-bond acceptors (Lipinski definition) is 6. The Bertz CT molecular complexity index is 1150. The maximum Gasteiger partial charge on any atom is 0.354 e. The third-order valence-electron chi connectivity index (χ3n) is 5.41. The summed E-state index contributed by atoms with van der Waals surface area (Å²) < 4.78 is 10.0. The van der Waals surface area contributed by atoms with Crippen molar-refractivity contribution in [1.29, 1.82) is 0 Å². The van der Waals surface area contributed by atoms with Crippen molar-refractivity contribution < 1.29 is 23.9 Å². The van der Waals surface area contributed by atoms with E-state index in [1.54, 1.807) is 44.3 Å². The third kappa shape index (κ3) is 5.46. The number of nitrogens with one attached hydrogen (secondary N) is 1. The van der Waals surface area contributed by atoms with Gasteiger partial charge in [-0.25, -0.2) is 4.79 Å². The molecule has 1 N–H and O–H groups in total. The van der Waals surface area contributed by atoms with Gasteiger partial charge in [-0.05, 0) is 49.7 Å². The van der Waals surface area contributed by atoms with Crippen molar-refractivity contribution in [1.82, 2.24) is 14.9 Å². The van der Waals surface area contributed by atoms with E-state index < -0.39 is 5.97 Å². The molecule has 8 heteroatoms. The second-order valence-electron chi connectivity index (χ2n) is 7.57. The first-order chi connectivity index (χ1) is 15.8. The number of aromatic nitrogens is 2. The third-order valence-corrected chi connectivity index (χ3v) is 5.41. The van der Waals surface area contributed by atoms with E-state index in [0.717, 1.165) is 5.69 Å². The highest BCUT2D eigenvalue weighted by atomic mass is 16.5. The van der Waals surface area contributed by atoms with E-state index in [-0.39, 0.29) is 23.9 Å². The summed E-state index contributed by atoms with van der Waals surface area (Å²) in [5.74, 6) is -0.558. The first kappa shape index (κ1) is 23.7. The van der Waals surface area contributed by atoms with Gasteiger partial charge in [-0.1, -0.05) is 12.1 Å². The second-order valence-corrected chi connectivity index (χ2v) is 7.57. The molecule has 0 aliphatic carbocycles. The number of benzene rings is 1. The molecule has 8 nitrogen and oxygen atoms in total. The Balaban J connectivity index is 1.89. The van der Waals surface area contributed by atoms with Crippen molar-refractivity contribution in [3.05, 3.63) is 82.4 Å². The minimum atomic E-state index is -0.547. The van der Waals surface area contributed by atoms with Crippen molar-refractivity contribution in [3.63, 3.8) is 0 Å². The highest BCUT2D eigenvalue weighted by molar-refractivity contribution is 6.05. The number of rotatable bonds is 9. The van der Waals surface area contributed by atoms with E-state index in [1.165, 1.54) is 19.1 Å². The Hall–Kier alpha value is -3.94. The normalized spacial score (nSPS) is 10.5. The van der Waals surface area contributed by atoms with Crippen LogP contribution in [0.1, 0.15) is 48.2 Å². The van der Waals surface area contributed by atoms with Crippen LogP contribution in [0.4, 0.5) is 0 Å². The molecule has 1 amide bonds. The summed E-state index contributed by atoms with van der Waals surface area (Å²) in [6.07, 6.45) is 2.18.